The molecule has 2 heterocycles. The molecule has 102 valence electrons. The van der Waals surface area contributed by atoms with Gasteiger partial charge in [-0.25, -0.2) is 4.39 Å². The molecule has 3 unspecified atom stereocenters. The summed E-state index contributed by atoms with van der Waals surface area (Å²) in [5.74, 6) is -1.22. The number of carboxylic acid groups (broad SMARTS) is 1. The molecule has 0 aliphatic carbocycles. The monoisotopic (exact) mass is 327 g/mol. The summed E-state index contributed by atoms with van der Waals surface area (Å²) in [5.41, 5.74) is 0.892. The van der Waals surface area contributed by atoms with Crippen LogP contribution in [0.4, 0.5) is 4.39 Å². The molecule has 0 radical (unpaired) electrons. The predicted molar refractivity (Wildman–Crippen MR) is 72.2 cm³/mol. The number of rotatable bonds is 3. The molecular weight excluding hydrogens is 313 g/mol. The SMILES string of the molecule is O=C(O)C1CC2CCC1N2Cc1cccc(F)c1Br. The van der Waals surface area contributed by atoms with Crippen LogP contribution in [0.15, 0.2) is 22.7 Å². The van der Waals surface area contributed by atoms with Gasteiger partial charge in [0, 0.05) is 18.6 Å². The number of hydrogen-bond acceptors (Lipinski definition) is 2. The molecule has 0 spiro atoms. The quantitative estimate of drug-likeness (QED) is 0.927. The maximum atomic E-state index is 13.5. The molecule has 1 N–H and O–H groups in total. The van der Waals surface area contributed by atoms with E-state index in [1.54, 1.807) is 6.07 Å². The summed E-state index contributed by atoms with van der Waals surface area (Å²) in [5, 5.41) is 9.22. The van der Waals surface area contributed by atoms with Crippen LogP contribution in [0.25, 0.3) is 0 Å². The molecule has 1 aromatic rings. The van der Waals surface area contributed by atoms with Gasteiger partial charge in [0.25, 0.3) is 0 Å². The second kappa shape index (κ2) is 4.87. The molecule has 2 bridgehead atoms. The zero-order chi connectivity index (χ0) is 13.6. The van der Waals surface area contributed by atoms with Crippen molar-refractivity contribution >= 4 is 21.9 Å². The lowest BCUT2D eigenvalue weighted by molar-refractivity contribution is -0.142. The summed E-state index contributed by atoms with van der Waals surface area (Å²) in [6, 6.07) is 5.45. The minimum Gasteiger partial charge on any atom is -0.481 e. The Kier molecular flexibility index (Phi) is 3.35. The van der Waals surface area contributed by atoms with E-state index in [1.807, 2.05) is 6.07 Å². The van der Waals surface area contributed by atoms with Gasteiger partial charge in [-0.15, -0.1) is 0 Å². The van der Waals surface area contributed by atoms with Gasteiger partial charge in [-0.1, -0.05) is 12.1 Å². The Morgan fingerprint density at radius 3 is 2.95 bits per heavy atom. The standard InChI is InChI=1S/C14H15BrFNO2/c15-13-8(2-1-3-11(13)16)7-17-9-4-5-12(17)10(6-9)14(18)19/h1-3,9-10,12H,4-7H2,(H,18,19). The Hall–Kier alpha value is -0.940. The number of aliphatic carboxylic acids is 1. The van der Waals surface area contributed by atoms with Crippen LogP contribution in [0.3, 0.4) is 0 Å². The zero-order valence-corrected chi connectivity index (χ0v) is 11.9. The van der Waals surface area contributed by atoms with Crippen molar-refractivity contribution in [1.29, 1.82) is 0 Å². The smallest absolute Gasteiger partial charge is 0.308 e. The minimum absolute atomic E-state index is 0.109. The third-order valence-corrected chi connectivity index (χ3v) is 5.27. The fraction of sp³-hybridized carbons (Fsp3) is 0.500. The van der Waals surface area contributed by atoms with Crippen LogP contribution in [0.1, 0.15) is 24.8 Å². The molecular formula is C14H15BrFNO2. The Bertz CT molecular complexity index is 522. The summed E-state index contributed by atoms with van der Waals surface area (Å²) < 4.78 is 14.0. The van der Waals surface area contributed by atoms with E-state index in [4.69, 9.17) is 0 Å². The van der Waals surface area contributed by atoms with E-state index >= 15 is 0 Å². The van der Waals surface area contributed by atoms with E-state index in [-0.39, 0.29) is 17.8 Å². The Morgan fingerprint density at radius 2 is 2.26 bits per heavy atom. The lowest BCUT2D eigenvalue weighted by Gasteiger charge is -2.23. The van der Waals surface area contributed by atoms with Crippen molar-refractivity contribution in [3.8, 4) is 0 Å². The molecule has 2 aliphatic rings. The fourth-order valence-corrected chi connectivity index (χ4v) is 3.87. The topological polar surface area (TPSA) is 40.5 Å². The molecule has 3 nitrogen and oxygen atoms in total. The molecule has 2 aliphatic heterocycles. The predicted octanol–water partition coefficient (Wildman–Crippen LogP) is 3.03. The van der Waals surface area contributed by atoms with Crippen LogP contribution in [0, 0.1) is 11.7 Å². The third-order valence-electron chi connectivity index (χ3n) is 4.38. The molecule has 2 fully saturated rings. The summed E-state index contributed by atoms with van der Waals surface area (Å²) in [4.78, 5) is 13.4. The van der Waals surface area contributed by atoms with Gasteiger partial charge in [0.1, 0.15) is 5.82 Å². The number of carbonyl (C=O) groups is 1. The summed E-state index contributed by atoms with van der Waals surface area (Å²) >= 11 is 3.27. The van der Waals surface area contributed by atoms with Gasteiger partial charge >= 0.3 is 5.97 Å². The van der Waals surface area contributed by atoms with Gasteiger partial charge in [-0.05, 0) is 46.8 Å². The second-order valence-electron chi connectivity index (χ2n) is 5.36. The summed E-state index contributed by atoms with van der Waals surface area (Å²) in [6.45, 7) is 0.622. The molecule has 2 saturated heterocycles. The Balaban J connectivity index is 1.81. The molecule has 0 amide bonds. The number of halogens is 2. The van der Waals surface area contributed by atoms with Gasteiger partial charge in [0.2, 0.25) is 0 Å². The number of benzene rings is 1. The summed E-state index contributed by atoms with van der Waals surface area (Å²) in [7, 11) is 0. The lowest BCUT2D eigenvalue weighted by atomic mass is 9.89. The van der Waals surface area contributed by atoms with E-state index in [2.05, 4.69) is 20.8 Å². The van der Waals surface area contributed by atoms with Crippen molar-refractivity contribution in [2.45, 2.75) is 37.9 Å². The molecule has 5 heteroatoms. The molecule has 19 heavy (non-hydrogen) atoms. The van der Waals surface area contributed by atoms with Crippen molar-refractivity contribution in [3.05, 3.63) is 34.1 Å². The highest BCUT2D eigenvalue weighted by molar-refractivity contribution is 9.10. The Labute approximate surface area is 119 Å². The summed E-state index contributed by atoms with van der Waals surface area (Å²) in [6.07, 6.45) is 2.73. The van der Waals surface area contributed by atoms with E-state index in [1.165, 1.54) is 6.07 Å². The normalized spacial score (nSPS) is 29.9. The first-order valence-corrected chi connectivity index (χ1v) is 7.28. The maximum absolute atomic E-state index is 13.5. The van der Waals surface area contributed by atoms with Gasteiger partial charge in [0.15, 0.2) is 0 Å². The third kappa shape index (κ3) is 2.19. The molecule has 3 rings (SSSR count). The van der Waals surface area contributed by atoms with Crippen molar-refractivity contribution in [2.24, 2.45) is 5.92 Å². The highest BCUT2D eigenvalue weighted by Gasteiger charge is 2.49. The van der Waals surface area contributed by atoms with Crippen molar-refractivity contribution < 1.29 is 14.3 Å². The van der Waals surface area contributed by atoms with Crippen LogP contribution in [0.5, 0.6) is 0 Å². The number of fused-ring (bicyclic) bond motifs is 2. The first kappa shape index (κ1) is 13.1. The average Bonchev–Trinajstić information content (AvgIpc) is 2.92. The van der Waals surface area contributed by atoms with Gasteiger partial charge in [-0.2, -0.15) is 0 Å². The maximum Gasteiger partial charge on any atom is 0.308 e. The van der Waals surface area contributed by atoms with Crippen molar-refractivity contribution in [1.82, 2.24) is 4.90 Å². The first-order chi connectivity index (χ1) is 9.08. The van der Waals surface area contributed by atoms with Crippen LogP contribution < -0.4 is 0 Å². The number of carboxylic acids is 1. The van der Waals surface area contributed by atoms with Crippen LogP contribution >= 0.6 is 15.9 Å². The zero-order valence-electron chi connectivity index (χ0n) is 10.4. The Morgan fingerprint density at radius 1 is 1.47 bits per heavy atom. The first-order valence-electron chi connectivity index (χ1n) is 6.49. The van der Waals surface area contributed by atoms with E-state index in [0.29, 0.717) is 17.1 Å². The van der Waals surface area contributed by atoms with E-state index in [0.717, 1.165) is 24.8 Å². The van der Waals surface area contributed by atoms with Crippen LogP contribution in [-0.4, -0.2) is 28.1 Å². The highest BCUT2D eigenvalue weighted by atomic mass is 79.9. The van der Waals surface area contributed by atoms with Gasteiger partial charge < -0.3 is 5.11 Å². The van der Waals surface area contributed by atoms with Gasteiger partial charge in [-0.3, -0.25) is 9.69 Å². The fourth-order valence-electron chi connectivity index (χ4n) is 3.48. The van der Waals surface area contributed by atoms with Crippen LogP contribution in [0.2, 0.25) is 0 Å². The molecule has 1 aromatic carbocycles. The molecule has 0 saturated carbocycles. The second-order valence-corrected chi connectivity index (χ2v) is 6.16. The van der Waals surface area contributed by atoms with Crippen molar-refractivity contribution in [2.75, 3.05) is 0 Å². The number of hydrogen-bond donors (Lipinski definition) is 1. The minimum atomic E-state index is -0.699. The average molecular weight is 328 g/mol. The van der Waals surface area contributed by atoms with E-state index < -0.39 is 5.97 Å². The van der Waals surface area contributed by atoms with E-state index in [9.17, 15) is 14.3 Å². The lowest BCUT2D eigenvalue weighted by Crippen LogP contribution is -2.32. The number of nitrogens with zero attached hydrogens (tertiary/aromatic N) is 1. The highest BCUT2D eigenvalue weighted by Crippen LogP contribution is 2.43. The largest absolute Gasteiger partial charge is 0.481 e. The molecule has 0 aromatic heterocycles. The van der Waals surface area contributed by atoms with Crippen molar-refractivity contribution in [3.63, 3.8) is 0 Å². The molecule has 3 atom stereocenters. The van der Waals surface area contributed by atoms with Crippen LogP contribution in [-0.2, 0) is 11.3 Å². The van der Waals surface area contributed by atoms with Gasteiger partial charge in [0.05, 0.1) is 10.4 Å².